The van der Waals surface area contributed by atoms with E-state index >= 15 is 0 Å². The first-order valence-electron chi connectivity index (χ1n) is 8.43. The number of nitro groups is 1. The van der Waals surface area contributed by atoms with Gasteiger partial charge in [-0.2, -0.15) is 0 Å². The minimum Gasteiger partial charge on any atom is -0.460 e. The first-order valence-corrected chi connectivity index (χ1v) is 8.43. The van der Waals surface area contributed by atoms with Crippen LogP contribution in [0.25, 0.3) is 0 Å². The molecule has 10 heteroatoms. The van der Waals surface area contributed by atoms with Crippen molar-refractivity contribution in [2.45, 2.75) is 52.1 Å². The van der Waals surface area contributed by atoms with Gasteiger partial charge in [0.25, 0.3) is 0 Å². The van der Waals surface area contributed by atoms with Crippen LogP contribution >= 0.6 is 0 Å². The van der Waals surface area contributed by atoms with Crippen LogP contribution in [0.3, 0.4) is 0 Å². The van der Waals surface area contributed by atoms with Gasteiger partial charge in [-0.05, 0) is 40.5 Å². The Kier molecular flexibility index (Phi) is 5.83. The van der Waals surface area contributed by atoms with E-state index in [-0.39, 0.29) is 18.2 Å². The molecule has 0 bridgehead atoms. The van der Waals surface area contributed by atoms with E-state index < -0.39 is 34.0 Å². The van der Waals surface area contributed by atoms with Gasteiger partial charge in [0.1, 0.15) is 5.60 Å². The van der Waals surface area contributed by atoms with Crippen molar-refractivity contribution in [1.29, 1.82) is 0 Å². The maximum atomic E-state index is 12.1. The summed E-state index contributed by atoms with van der Waals surface area (Å²) < 4.78 is 15.0. The molecule has 144 valence electrons. The van der Waals surface area contributed by atoms with Crippen molar-refractivity contribution in [3.05, 3.63) is 21.6 Å². The molecule has 0 saturated carbocycles. The van der Waals surface area contributed by atoms with E-state index in [4.69, 9.17) is 14.0 Å². The Morgan fingerprint density at radius 3 is 2.46 bits per heavy atom. The van der Waals surface area contributed by atoms with E-state index in [1.54, 1.807) is 32.6 Å². The highest BCUT2D eigenvalue weighted by atomic mass is 16.6. The number of piperidine rings is 1. The van der Waals surface area contributed by atoms with Gasteiger partial charge >= 0.3 is 23.5 Å². The minimum atomic E-state index is -0.913. The topological polar surface area (TPSA) is 125 Å². The highest BCUT2D eigenvalue weighted by molar-refractivity contribution is 5.91. The summed E-state index contributed by atoms with van der Waals surface area (Å²) in [6.45, 7) is 7.76. The number of carbonyl (C=O) groups excluding carboxylic acids is 2. The number of carbonyl (C=O) groups is 2. The van der Waals surface area contributed by atoms with Crippen LogP contribution in [0.5, 0.6) is 0 Å². The van der Waals surface area contributed by atoms with Crippen LogP contribution in [0, 0.1) is 10.1 Å². The number of likely N-dealkylation sites (tertiary alicyclic amines) is 1. The number of esters is 1. The Bertz CT molecular complexity index is 685. The molecule has 1 fully saturated rings. The fourth-order valence-corrected chi connectivity index (χ4v) is 2.73. The molecule has 2 rings (SSSR count). The molecule has 2 heterocycles. The predicted octanol–water partition coefficient (Wildman–Crippen LogP) is 2.87. The van der Waals surface area contributed by atoms with Gasteiger partial charge in [-0.15, -0.1) is 0 Å². The molecule has 1 aliphatic rings. The molecule has 1 aromatic heterocycles. The minimum absolute atomic E-state index is 0.0697. The Morgan fingerprint density at radius 2 is 1.96 bits per heavy atom. The lowest BCUT2D eigenvalue weighted by Crippen LogP contribution is -2.41. The average Bonchev–Trinajstić information content (AvgIpc) is 2.99. The molecule has 0 radical (unpaired) electrons. The van der Waals surface area contributed by atoms with Crippen molar-refractivity contribution >= 4 is 17.7 Å². The molecule has 1 aliphatic heterocycles. The van der Waals surface area contributed by atoms with Crippen molar-refractivity contribution in [3.63, 3.8) is 0 Å². The van der Waals surface area contributed by atoms with Gasteiger partial charge in [-0.25, -0.2) is 9.59 Å². The van der Waals surface area contributed by atoms with Gasteiger partial charge in [0, 0.05) is 19.0 Å². The molecule has 0 spiro atoms. The first-order chi connectivity index (χ1) is 12.1. The Balaban J connectivity index is 2.11. The van der Waals surface area contributed by atoms with E-state index in [1.807, 2.05) is 0 Å². The number of amides is 1. The van der Waals surface area contributed by atoms with Crippen LogP contribution in [0.15, 0.2) is 4.52 Å². The van der Waals surface area contributed by atoms with Crippen LogP contribution in [-0.2, 0) is 9.47 Å². The third-order valence-corrected chi connectivity index (χ3v) is 3.87. The lowest BCUT2D eigenvalue weighted by atomic mass is 9.92. The largest absolute Gasteiger partial charge is 0.460 e. The number of hydrogen-bond acceptors (Lipinski definition) is 8. The zero-order valence-electron chi connectivity index (χ0n) is 15.3. The van der Waals surface area contributed by atoms with Crippen molar-refractivity contribution in [2.75, 3.05) is 19.7 Å². The third kappa shape index (κ3) is 4.50. The first kappa shape index (κ1) is 19.7. The molecule has 26 heavy (non-hydrogen) atoms. The Labute approximate surface area is 150 Å². The van der Waals surface area contributed by atoms with E-state index in [9.17, 15) is 19.7 Å². The highest BCUT2D eigenvalue weighted by Crippen LogP contribution is 2.36. The number of aromatic nitrogens is 1. The summed E-state index contributed by atoms with van der Waals surface area (Å²) in [5.74, 6) is -1.70. The molecule has 1 saturated heterocycles. The molecule has 0 N–H and O–H groups in total. The molecule has 0 aliphatic carbocycles. The number of ether oxygens (including phenoxy) is 2. The van der Waals surface area contributed by atoms with Gasteiger partial charge in [0.15, 0.2) is 5.69 Å². The zero-order valence-corrected chi connectivity index (χ0v) is 15.3. The smallest absolute Gasteiger partial charge is 0.410 e. The van der Waals surface area contributed by atoms with Gasteiger partial charge in [0.2, 0.25) is 0 Å². The summed E-state index contributed by atoms with van der Waals surface area (Å²) in [6.07, 6.45) is 0.488. The number of nitrogens with zero attached hydrogens (tertiary/aromatic N) is 3. The molecule has 1 amide bonds. The lowest BCUT2D eigenvalue weighted by Gasteiger charge is -2.32. The van der Waals surface area contributed by atoms with Crippen LogP contribution in [0.2, 0.25) is 0 Å². The lowest BCUT2D eigenvalue weighted by molar-refractivity contribution is -0.386. The summed E-state index contributed by atoms with van der Waals surface area (Å²) in [6, 6.07) is 0. The molecule has 0 atom stereocenters. The van der Waals surface area contributed by atoms with Crippen molar-refractivity contribution < 1.29 is 28.5 Å². The second-order valence-electron chi connectivity index (χ2n) is 6.96. The maximum Gasteiger partial charge on any atom is 0.410 e. The summed E-state index contributed by atoms with van der Waals surface area (Å²) >= 11 is 0. The monoisotopic (exact) mass is 369 g/mol. The average molecular weight is 369 g/mol. The molecular formula is C16H23N3O7. The second-order valence-corrected chi connectivity index (χ2v) is 6.96. The van der Waals surface area contributed by atoms with E-state index in [1.165, 1.54) is 0 Å². The van der Waals surface area contributed by atoms with Gasteiger partial charge in [-0.1, -0.05) is 5.16 Å². The van der Waals surface area contributed by atoms with Gasteiger partial charge in [-0.3, -0.25) is 10.1 Å². The zero-order chi connectivity index (χ0) is 19.5. The Hall–Kier alpha value is -2.65. The predicted molar refractivity (Wildman–Crippen MR) is 88.9 cm³/mol. The van der Waals surface area contributed by atoms with E-state index in [2.05, 4.69) is 5.16 Å². The second kappa shape index (κ2) is 7.71. The fraction of sp³-hybridized carbons (Fsp3) is 0.688. The van der Waals surface area contributed by atoms with E-state index in [0.29, 0.717) is 25.9 Å². The van der Waals surface area contributed by atoms with Crippen molar-refractivity contribution in [2.24, 2.45) is 0 Å². The van der Waals surface area contributed by atoms with Crippen molar-refractivity contribution in [3.8, 4) is 0 Å². The van der Waals surface area contributed by atoms with E-state index in [0.717, 1.165) is 0 Å². The van der Waals surface area contributed by atoms with Crippen LogP contribution < -0.4 is 0 Å². The Morgan fingerprint density at radius 1 is 1.35 bits per heavy atom. The van der Waals surface area contributed by atoms with Crippen molar-refractivity contribution in [1.82, 2.24) is 10.1 Å². The van der Waals surface area contributed by atoms with Crippen LogP contribution in [-0.4, -0.2) is 52.3 Å². The number of hydrogen-bond donors (Lipinski definition) is 0. The standard InChI is InChI=1S/C16H23N3O7/c1-5-24-14(20)13-12(19(22)23)11(17-26-13)10-6-8-18(9-7-10)15(21)25-16(2,3)4/h10H,5-9H2,1-4H3. The summed E-state index contributed by atoms with van der Waals surface area (Å²) in [5.41, 5.74) is -0.936. The number of rotatable bonds is 4. The normalized spacial score (nSPS) is 15.6. The third-order valence-electron chi connectivity index (χ3n) is 3.87. The summed E-state index contributed by atoms with van der Waals surface area (Å²) in [4.78, 5) is 36.2. The SMILES string of the molecule is CCOC(=O)c1onc(C2CCN(C(=O)OC(C)(C)C)CC2)c1[N+](=O)[O-]. The quantitative estimate of drug-likeness (QED) is 0.450. The fourth-order valence-electron chi connectivity index (χ4n) is 2.73. The summed E-state index contributed by atoms with van der Waals surface area (Å²) in [5, 5.41) is 15.1. The molecule has 1 aromatic rings. The maximum absolute atomic E-state index is 12.1. The van der Waals surface area contributed by atoms with Crippen LogP contribution in [0.4, 0.5) is 10.5 Å². The molecular weight excluding hydrogens is 346 g/mol. The van der Waals surface area contributed by atoms with Gasteiger partial charge in [0.05, 0.1) is 11.5 Å². The highest BCUT2D eigenvalue weighted by Gasteiger charge is 2.38. The van der Waals surface area contributed by atoms with Crippen LogP contribution in [0.1, 0.15) is 62.7 Å². The van der Waals surface area contributed by atoms with Gasteiger partial charge < -0.3 is 18.9 Å². The summed E-state index contributed by atoms with van der Waals surface area (Å²) in [7, 11) is 0. The molecule has 0 unspecified atom stereocenters. The molecule has 0 aromatic carbocycles. The molecule has 10 nitrogen and oxygen atoms in total.